The van der Waals surface area contributed by atoms with Gasteiger partial charge in [0.05, 0.1) is 7.11 Å². The summed E-state index contributed by atoms with van der Waals surface area (Å²) in [7, 11) is 1.68. The average Bonchev–Trinajstić information content (AvgIpc) is 3.01. The van der Waals surface area contributed by atoms with Crippen LogP contribution in [-0.2, 0) is 11.2 Å². The average molecular weight is 467 g/mol. The lowest BCUT2D eigenvalue weighted by atomic mass is 9.84. The van der Waals surface area contributed by atoms with Gasteiger partial charge in [0.2, 0.25) is 5.91 Å². The summed E-state index contributed by atoms with van der Waals surface area (Å²) in [4.78, 5) is 27.0. The molecule has 1 unspecified atom stereocenters. The number of anilines is 1. The van der Waals surface area contributed by atoms with Crippen LogP contribution in [0.15, 0.2) is 24.3 Å². The van der Waals surface area contributed by atoms with Crippen LogP contribution < -0.4 is 9.64 Å². The summed E-state index contributed by atoms with van der Waals surface area (Å²) in [5.74, 6) is 3.34. The van der Waals surface area contributed by atoms with E-state index in [9.17, 15) is 4.79 Å². The van der Waals surface area contributed by atoms with Gasteiger partial charge in [0, 0.05) is 50.3 Å². The Balaban J connectivity index is 1.73. The second-order valence-corrected chi connectivity index (χ2v) is 11.0. The molecule has 3 rings (SSSR count). The summed E-state index contributed by atoms with van der Waals surface area (Å²) in [6.07, 6.45) is 3.41. The highest BCUT2D eigenvalue weighted by Gasteiger charge is 2.25. The van der Waals surface area contributed by atoms with Crippen LogP contribution in [0, 0.1) is 25.2 Å². The van der Waals surface area contributed by atoms with Gasteiger partial charge in [0.15, 0.2) is 0 Å². The molecule has 2 heterocycles. The van der Waals surface area contributed by atoms with Crippen LogP contribution in [-0.4, -0.2) is 54.1 Å². The number of aryl methyl sites for hydroxylation is 2. The van der Waals surface area contributed by atoms with Crippen LogP contribution in [0.5, 0.6) is 5.75 Å². The van der Waals surface area contributed by atoms with Gasteiger partial charge in [-0.25, -0.2) is 9.97 Å². The molecular weight excluding hydrogens is 424 g/mol. The van der Waals surface area contributed by atoms with Crippen molar-refractivity contribution in [2.24, 2.45) is 11.3 Å². The van der Waals surface area contributed by atoms with E-state index in [1.807, 2.05) is 19.1 Å². The quantitative estimate of drug-likeness (QED) is 0.562. The zero-order valence-corrected chi connectivity index (χ0v) is 22.1. The Morgan fingerprint density at radius 2 is 1.76 bits per heavy atom. The standard InChI is InChI=1S/C28H42N4O2/c1-20(19-28(4,5)6)17-26(33)31-13-8-14-32(16-15-31)27-25(21(2)29-22(3)30-27)18-23-9-11-24(34-7)12-10-23/h9-12,20H,8,13-19H2,1-7H3. The predicted octanol–water partition coefficient (Wildman–Crippen LogP) is 5.19. The van der Waals surface area contributed by atoms with Gasteiger partial charge in [-0.1, -0.05) is 39.8 Å². The lowest BCUT2D eigenvalue weighted by Gasteiger charge is -2.27. The van der Waals surface area contributed by atoms with Crippen molar-refractivity contribution in [1.82, 2.24) is 14.9 Å². The summed E-state index contributed by atoms with van der Waals surface area (Å²) < 4.78 is 5.30. The SMILES string of the molecule is COc1ccc(Cc2c(C)nc(C)nc2N2CCCN(C(=O)CC(C)CC(C)(C)C)CC2)cc1. The first-order valence-corrected chi connectivity index (χ1v) is 12.6. The van der Waals surface area contributed by atoms with Crippen LogP contribution in [0.1, 0.15) is 69.6 Å². The van der Waals surface area contributed by atoms with Crippen molar-refractivity contribution in [3.63, 3.8) is 0 Å². The van der Waals surface area contributed by atoms with Crippen molar-refractivity contribution in [1.29, 1.82) is 0 Å². The Morgan fingerprint density at radius 1 is 1.06 bits per heavy atom. The largest absolute Gasteiger partial charge is 0.497 e. The molecule has 0 radical (unpaired) electrons. The third-order valence-corrected chi connectivity index (χ3v) is 6.48. The summed E-state index contributed by atoms with van der Waals surface area (Å²) >= 11 is 0. The number of benzene rings is 1. The maximum absolute atomic E-state index is 13.0. The molecule has 1 aromatic heterocycles. The van der Waals surface area contributed by atoms with Crippen molar-refractivity contribution in [3.8, 4) is 5.75 Å². The Kier molecular flexibility index (Phi) is 8.56. The fraction of sp³-hybridized carbons (Fsp3) is 0.607. The molecule has 2 aromatic rings. The van der Waals surface area contributed by atoms with Crippen LogP contribution in [0.2, 0.25) is 0 Å². The van der Waals surface area contributed by atoms with Crippen LogP contribution >= 0.6 is 0 Å². The van der Waals surface area contributed by atoms with E-state index in [4.69, 9.17) is 9.72 Å². The Morgan fingerprint density at radius 3 is 2.41 bits per heavy atom. The van der Waals surface area contributed by atoms with E-state index < -0.39 is 0 Å². The number of hydrogen-bond donors (Lipinski definition) is 0. The molecule has 6 nitrogen and oxygen atoms in total. The predicted molar refractivity (Wildman–Crippen MR) is 139 cm³/mol. The first kappa shape index (κ1) is 26.0. The zero-order valence-electron chi connectivity index (χ0n) is 22.1. The van der Waals surface area contributed by atoms with E-state index in [1.54, 1.807) is 7.11 Å². The topological polar surface area (TPSA) is 58.6 Å². The highest BCUT2D eigenvalue weighted by molar-refractivity contribution is 5.76. The molecule has 34 heavy (non-hydrogen) atoms. The molecule has 0 saturated carbocycles. The van der Waals surface area contributed by atoms with Crippen molar-refractivity contribution < 1.29 is 9.53 Å². The second kappa shape index (κ2) is 11.2. The van der Waals surface area contributed by atoms with Crippen molar-refractivity contribution in [3.05, 3.63) is 46.9 Å². The third-order valence-electron chi connectivity index (χ3n) is 6.48. The lowest BCUT2D eigenvalue weighted by Crippen LogP contribution is -2.36. The molecule has 6 heteroatoms. The molecule has 186 valence electrons. The van der Waals surface area contributed by atoms with E-state index in [0.717, 1.165) is 74.1 Å². The molecule has 1 atom stereocenters. The van der Waals surface area contributed by atoms with Gasteiger partial charge in [0.25, 0.3) is 0 Å². The summed E-state index contributed by atoms with van der Waals surface area (Å²) in [6, 6.07) is 8.19. The van der Waals surface area contributed by atoms with Gasteiger partial charge >= 0.3 is 0 Å². The molecule has 0 N–H and O–H groups in total. The van der Waals surface area contributed by atoms with Crippen LogP contribution in [0.4, 0.5) is 5.82 Å². The Hall–Kier alpha value is -2.63. The minimum atomic E-state index is 0.248. The van der Waals surface area contributed by atoms with Gasteiger partial charge in [-0.3, -0.25) is 4.79 Å². The van der Waals surface area contributed by atoms with Crippen molar-refractivity contribution >= 4 is 11.7 Å². The van der Waals surface area contributed by atoms with E-state index in [2.05, 4.69) is 61.5 Å². The molecule has 1 aromatic carbocycles. The number of carbonyl (C=O) groups is 1. The minimum Gasteiger partial charge on any atom is -0.497 e. The van der Waals surface area contributed by atoms with Gasteiger partial charge in [-0.15, -0.1) is 0 Å². The van der Waals surface area contributed by atoms with Gasteiger partial charge in [-0.05, 0) is 55.7 Å². The van der Waals surface area contributed by atoms with E-state index in [0.29, 0.717) is 12.3 Å². The number of rotatable bonds is 7. The highest BCUT2D eigenvalue weighted by Crippen LogP contribution is 2.28. The number of ether oxygens (including phenoxy) is 1. The third kappa shape index (κ3) is 7.18. The molecule has 0 bridgehead atoms. The zero-order chi connectivity index (χ0) is 24.9. The summed E-state index contributed by atoms with van der Waals surface area (Å²) in [5.41, 5.74) is 3.64. The first-order valence-electron chi connectivity index (χ1n) is 12.6. The maximum Gasteiger partial charge on any atom is 0.222 e. The molecule has 0 spiro atoms. The minimum absolute atomic E-state index is 0.248. The van der Waals surface area contributed by atoms with Gasteiger partial charge in [-0.2, -0.15) is 0 Å². The molecule has 0 aliphatic carbocycles. The number of methoxy groups -OCH3 is 1. The fourth-order valence-electron chi connectivity index (χ4n) is 5.06. The number of nitrogens with zero attached hydrogens (tertiary/aromatic N) is 4. The molecule has 1 amide bonds. The molecule has 1 saturated heterocycles. The molecule has 1 aliphatic rings. The van der Waals surface area contributed by atoms with Gasteiger partial charge in [0.1, 0.15) is 17.4 Å². The fourth-order valence-corrected chi connectivity index (χ4v) is 5.06. The monoisotopic (exact) mass is 466 g/mol. The number of aromatic nitrogens is 2. The maximum atomic E-state index is 13.0. The molecule has 1 fully saturated rings. The number of carbonyl (C=O) groups excluding carboxylic acids is 1. The van der Waals surface area contributed by atoms with E-state index >= 15 is 0 Å². The second-order valence-electron chi connectivity index (χ2n) is 11.0. The highest BCUT2D eigenvalue weighted by atomic mass is 16.5. The van der Waals surface area contributed by atoms with Crippen LogP contribution in [0.3, 0.4) is 0 Å². The normalized spacial score (nSPS) is 15.7. The summed E-state index contributed by atoms with van der Waals surface area (Å²) in [6.45, 7) is 16.2. The number of amides is 1. The summed E-state index contributed by atoms with van der Waals surface area (Å²) in [5, 5.41) is 0. The van der Waals surface area contributed by atoms with E-state index in [1.165, 1.54) is 5.56 Å². The van der Waals surface area contributed by atoms with E-state index in [-0.39, 0.29) is 11.3 Å². The lowest BCUT2D eigenvalue weighted by molar-refractivity contribution is -0.132. The first-order chi connectivity index (χ1) is 16.1. The Labute approximate surface area is 205 Å². The number of hydrogen-bond acceptors (Lipinski definition) is 5. The van der Waals surface area contributed by atoms with Gasteiger partial charge < -0.3 is 14.5 Å². The van der Waals surface area contributed by atoms with Crippen LogP contribution in [0.25, 0.3) is 0 Å². The van der Waals surface area contributed by atoms with Crippen molar-refractivity contribution in [2.45, 2.75) is 67.2 Å². The smallest absolute Gasteiger partial charge is 0.222 e. The molecular formula is C28H42N4O2. The molecule has 1 aliphatic heterocycles. The Bertz CT molecular complexity index is 966. The van der Waals surface area contributed by atoms with Crippen molar-refractivity contribution in [2.75, 3.05) is 38.2 Å².